The van der Waals surface area contributed by atoms with Crippen molar-refractivity contribution < 1.29 is 31.1 Å². The van der Waals surface area contributed by atoms with Crippen LogP contribution < -0.4 is 15.8 Å². The number of nitrogens with zero attached hydrogens (tertiary/aromatic N) is 4. The Bertz CT molecular complexity index is 1240. The molecule has 0 aliphatic carbocycles. The lowest BCUT2D eigenvalue weighted by atomic mass is 10.2. The molecule has 3 aromatic rings. The molecule has 35 heavy (non-hydrogen) atoms. The highest BCUT2D eigenvalue weighted by Crippen LogP contribution is 2.37. The molecule has 0 amide bonds. The Kier molecular flexibility index (Phi) is 8.45. The fraction of sp³-hybridized carbons (Fsp3) is 0.182. The summed E-state index contributed by atoms with van der Waals surface area (Å²) < 4.78 is 80.1. The highest BCUT2D eigenvalue weighted by Gasteiger charge is 2.35. The number of rotatable bonds is 4. The summed E-state index contributed by atoms with van der Waals surface area (Å²) in [7, 11) is 1.55. The molecule has 0 radical (unpaired) electrons. The fourth-order valence-corrected chi connectivity index (χ4v) is 2.57. The zero-order valence-electron chi connectivity index (χ0n) is 17.9. The first-order valence-electron chi connectivity index (χ1n) is 9.40. The van der Waals surface area contributed by atoms with E-state index >= 15 is 0 Å². The monoisotopic (exact) mass is 494 g/mol. The molecule has 0 aliphatic rings. The number of pyridine rings is 2. The van der Waals surface area contributed by atoms with Gasteiger partial charge in [-0.3, -0.25) is 0 Å². The number of nitrogens with one attached hydrogen (secondary N) is 1. The van der Waals surface area contributed by atoms with Crippen LogP contribution in [0.3, 0.4) is 0 Å². The number of hydrogen-bond acceptors (Lipinski definition) is 5. The Hall–Kier alpha value is -4.52. The van der Waals surface area contributed by atoms with Crippen molar-refractivity contribution in [1.29, 1.82) is 0 Å². The zero-order chi connectivity index (χ0) is 26.2. The van der Waals surface area contributed by atoms with Crippen LogP contribution in [0, 0.1) is 13.1 Å². The van der Waals surface area contributed by atoms with E-state index < -0.39 is 35.1 Å². The van der Waals surface area contributed by atoms with Crippen LogP contribution >= 0.6 is 0 Å². The molecule has 0 spiro atoms. The number of aromatic nitrogens is 2. The van der Waals surface area contributed by atoms with E-state index in [1.165, 1.54) is 6.20 Å². The standard InChI is InChI=1S/C15H12F3N3O.C7H4F3N3/c1-19-14-13(15(16,17)18)7-11(9-21-14)20-8-10-3-5-12(22-2)6-4-10;1-12-6-5(7(8,9)10)2-4(11)3-13-6/h3-7,9,20H,8H2,2H3;2-3H,11H2. The Morgan fingerprint density at radius 1 is 0.886 bits per heavy atom. The van der Waals surface area contributed by atoms with Crippen LogP contribution in [0.1, 0.15) is 16.7 Å². The predicted molar refractivity (Wildman–Crippen MR) is 116 cm³/mol. The summed E-state index contributed by atoms with van der Waals surface area (Å²) >= 11 is 0. The third-order valence-electron chi connectivity index (χ3n) is 4.23. The topological polar surface area (TPSA) is 81.8 Å². The number of alkyl halides is 6. The maximum Gasteiger partial charge on any atom is 0.409 e. The molecule has 0 bridgehead atoms. The van der Waals surface area contributed by atoms with Gasteiger partial charge in [0, 0.05) is 6.54 Å². The second kappa shape index (κ2) is 11.1. The highest BCUT2D eigenvalue weighted by atomic mass is 19.4. The van der Waals surface area contributed by atoms with Crippen LogP contribution in [-0.4, -0.2) is 17.1 Å². The van der Waals surface area contributed by atoms with Crippen LogP contribution in [0.15, 0.2) is 48.8 Å². The minimum atomic E-state index is -4.61. The van der Waals surface area contributed by atoms with Gasteiger partial charge in [-0.2, -0.15) is 26.3 Å². The summed E-state index contributed by atoms with van der Waals surface area (Å²) in [4.78, 5) is 12.2. The molecule has 0 aliphatic heterocycles. The molecular weight excluding hydrogens is 478 g/mol. The van der Waals surface area contributed by atoms with Gasteiger partial charge < -0.3 is 25.5 Å². The third-order valence-corrected chi connectivity index (χ3v) is 4.23. The van der Waals surface area contributed by atoms with Gasteiger partial charge in [-0.05, 0) is 29.8 Å². The minimum absolute atomic E-state index is 0.111. The van der Waals surface area contributed by atoms with E-state index in [9.17, 15) is 26.3 Å². The summed E-state index contributed by atoms with van der Waals surface area (Å²) in [5.41, 5.74) is 3.95. The molecular formula is C22H16F6N6O. The summed E-state index contributed by atoms with van der Waals surface area (Å²) in [5.74, 6) is -0.629. The first kappa shape index (κ1) is 26.7. The number of nitrogen functional groups attached to an aromatic ring is 1. The van der Waals surface area contributed by atoms with Gasteiger partial charge >= 0.3 is 12.4 Å². The lowest BCUT2D eigenvalue weighted by Gasteiger charge is -2.11. The molecule has 2 heterocycles. The van der Waals surface area contributed by atoms with E-state index in [1.807, 2.05) is 0 Å². The van der Waals surface area contributed by atoms with Crippen molar-refractivity contribution in [2.24, 2.45) is 0 Å². The van der Waals surface area contributed by atoms with E-state index in [2.05, 4.69) is 25.0 Å². The largest absolute Gasteiger partial charge is 0.497 e. The van der Waals surface area contributed by atoms with Crippen molar-refractivity contribution in [1.82, 2.24) is 9.97 Å². The van der Waals surface area contributed by atoms with Gasteiger partial charge in [-0.25, -0.2) is 0 Å². The Balaban J connectivity index is 0.000000283. The second-order valence-electron chi connectivity index (χ2n) is 6.66. The predicted octanol–water partition coefficient (Wildman–Crippen LogP) is 6.51. The van der Waals surface area contributed by atoms with Crippen molar-refractivity contribution in [3.05, 3.63) is 88.3 Å². The van der Waals surface area contributed by atoms with Gasteiger partial charge in [0.2, 0.25) is 0 Å². The molecule has 3 rings (SSSR count). The molecule has 0 saturated heterocycles. The number of anilines is 2. The first-order valence-corrected chi connectivity index (χ1v) is 9.40. The zero-order valence-corrected chi connectivity index (χ0v) is 17.9. The average molecular weight is 494 g/mol. The molecule has 0 unspecified atom stereocenters. The van der Waals surface area contributed by atoms with Gasteiger partial charge in [0.05, 0.1) is 29.6 Å². The van der Waals surface area contributed by atoms with E-state index in [4.69, 9.17) is 23.6 Å². The van der Waals surface area contributed by atoms with Crippen molar-refractivity contribution in [2.75, 3.05) is 18.2 Å². The summed E-state index contributed by atoms with van der Waals surface area (Å²) in [6, 6.07) is 8.72. The number of nitrogens with two attached hydrogens (primary N) is 1. The van der Waals surface area contributed by atoms with Crippen LogP contribution in [0.5, 0.6) is 5.75 Å². The molecule has 2 aromatic heterocycles. The minimum Gasteiger partial charge on any atom is -0.497 e. The van der Waals surface area contributed by atoms with Crippen LogP contribution in [0.2, 0.25) is 0 Å². The second-order valence-corrected chi connectivity index (χ2v) is 6.66. The third kappa shape index (κ3) is 7.50. The van der Waals surface area contributed by atoms with E-state index in [-0.39, 0.29) is 11.4 Å². The van der Waals surface area contributed by atoms with Gasteiger partial charge in [-0.15, -0.1) is 9.97 Å². The average Bonchev–Trinajstić information content (AvgIpc) is 2.82. The molecule has 1 aromatic carbocycles. The molecule has 0 saturated carbocycles. The maximum atomic E-state index is 12.8. The Morgan fingerprint density at radius 3 is 1.89 bits per heavy atom. The Morgan fingerprint density at radius 2 is 1.40 bits per heavy atom. The summed E-state index contributed by atoms with van der Waals surface area (Å²) in [5, 5.41) is 2.86. The molecule has 0 atom stereocenters. The van der Waals surface area contributed by atoms with Crippen molar-refractivity contribution in [2.45, 2.75) is 18.9 Å². The number of methoxy groups -OCH3 is 1. The van der Waals surface area contributed by atoms with Crippen LogP contribution in [0.25, 0.3) is 9.69 Å². The number of halogens is 6. The van der Waals surface area contributed by atoms with E-state index in [0.717, 1.165) is 17.8 Å². The number of benzene rings is 1. The van der Waals surface area contributed by atoms with Crippen molar-refractivity contribution >= 4 is 23.0 Å². The van der Waals surface area contributed by atoms with Crippen LogP contribution in [0.4, 0.5) is 49.4 Å². The maximum absolute atomic E-state index is 12.8. The van der Waals surface area contributed by atoms with Crippen molar-refractivity contribution in [3.63, 3.8) is 0 Å². The van der Waals surface area contributed by atoms with Gasteiger partial charge in [0.15, 0.2) is 0 Å². The first-order chi connectivity index (χ1) is 16.4. The van der Waals surface area contributed by atoms with Crippen molar-refractivity contribution in [3.8, 4) is 5.75 Å². The smallest absolute Gasteiger partial charge is 0.409 e. The lowest BCUT2D eigenvalue weighted by Crippen LogP contribution is -2.08. The Labute approximate surface area is 195 Å². The molecule has 0 fully saturated rings. The number of hydrogen-bond donors (Lipinski definition) is 2. The lowest BCUT2D eigenvalue weighted by molar-refractivity contribution is -0.137. The van der Waals surface area contributed by atoms with Gasteiger partial charge in [0.1, 0.15) is 18.1 Å². The molecule has 182 valence electrons. The van der Waals surface area contributed by atoms with E-state index in [1.54, 1.807) is 31.4 Å². The quantitative estimate of drug-likeness (QED) is 0.319. The van der Waals surface area contributed by atoms with Gasteiger partial charge in [-0.1, -0.05) is 25.3 Å². The highest BCUT2D eigenvalue weighted by molar-refractivity contribution is 5.56. The van der Waals surface area contributed by atoms with Gasteiger partial charge in [0.25, 0.3) is 11.6 Å². The fourth-order valence-electron chi connectivity index (χ4n) is 2.57. The molecule has 7 nitrogen and oxygen atoms in total. The summed E-state index contributed by atoms with van der Waals surface area (Å²) in [6.45, 7) is 13.5. The number of ether oxygens (including phenoxy) is 1. The normalized spacial score (nSPS) is 10.9. The molecule has 3 N–H and O–H groups in total. The van der Waals surface area contributed by atoms with E-state index in [0.29, 0.717) is 18.4 Å². The van der Waals surface area contributed by atoms with Crippen LogP contribution in [-0.2, 0) is 18.9 Å². The summed E-state index contributed by atoms with van der Waals surface area (Å²) in [6.07, 6.45) is -6.96. The SMILES string of the molecule is [C-]#[N+]c1ncc(N)cc1C(F)(F)F.[C-]#[N+]c1ncc(NCc2ccc(OC)cc2)cc1C(F)(F)F. The molecule has 13 heteroatoms.